The summed E-state index contributed by atoms with van der Waals surface area (Å²) in [5.41, 5.74) is -0.112. The van der Waals surface area contributed by atoms with Crippen LogP contribution in [0.2, 0.25) is 0 Å². The molecule has 1 aliphatic heterocycles. The van der Waals surface area contributed by atoms with Gasteiger partial charge in [0.05, 0.1) is 5.92 Å². The van der Waals surface area contributed by atoms with Crippen LogP contribution in [0, 0.1) is 5.92 Å². The molecule has 3 nitrogen and oxygen atoms in total. The van der Waals surface area contributed by atoms with Gasteiger partial charge in [-0.05, 0) is 40.7 Å². The summed E-state index contributed by atoms with van der Waals surface area (Å²) in [5, 5.41) is 6.29. The van der Waals surface area contributed by atoms with Gasteiger partial charge in [-0.3, -0.25) is 4.79 Å². The molecule has 0 aromatic carbocycles. The second-order valence-electron chi connectivity index (χ2n) is 4.88. The van der Waals surface area contributed by atoms with Crippen molar-refractivity contribution < 1.29 is 4.79 Å². The fourth-order valence-electron chi connectivity index (χ4n) is 1.68. The molecule has 0 bridgehead atoms. The first kappa shape index (κ1) is 10.5. The van der Waals surface area contributed by atoms with Crippen LogP contribution in [0.5, 0.6) is 0 Å². The van der Waals surface area contributed by atoms with E-state index in [4.69, 9.17) is 0 Å². The summed E-state index contributed by atoms with van der Waals surface area (Å²) in [7, 11) is 0. The van der Waals surface area contributed by atoms with Gasteiger partial charge in [-0.1, -0.05) is 0 Å². The van der Waals surface area contributed by atoms with E-state index in [1.807, 2.05) is 20.8 Å². The molecule has 1 amide bonds. The molecule has 1 aliphatic rings. The van der Waals surface area contributed by atoms with Gasteiger partial charge >= 0.3 is 0 Å². The van der Waals surface area contributed by atoms with Gasteiger partial charge in [0, 0.05) is 11.6 Å². The number of hydrogen-bond donors (Lipinski definition) is 2. The molecule has 0 aliphatic carbocycles. The van der Waals surface area contributed by atoms with E-state index in [9.17, 15) is 4.79 Å². The van der Waals surface area contributed by atoms with Crippen LogP contribution in [0.15, 0.2) is 0 Å². The van der Waals surface area contributed by atoms with Crippen molar-refractivity contribution >= 4 is 5.91 Å². The lowest BCUT2D eigenvalue weighted by molar-refractivity contribution is -0.126. The van der Waals surface area contributed by atoms with E-state index in [1.165, 1.54) is 0 Å². The number of carbonyl (C=O) groups excluding carboxylic acids is 1. The molecule has 0 saturated carbocycles. The Morgan fingerprint density at radius 3 is 2.46 bits per heavy atom. The summed E-state index contributed by atoms with van der Waals surface area (Å²) in [5.74, 6) is 0.337. The summed E-state index contributed by atoms with van der Waals surface area (Å²) in [6.45, 7) is 9.07. The Hall–Kier alpha value is -0.570. The van der Waals surface area contributed by atoms with E-state index in [0.717, 1.165) is 13.0 Å². The van der Waals surface area contributed by atoms with Crippen LogP contribution in [0.25, 0.3) is 0 Å². The maximum absolute atomic E-state index is 11.7. The van der Waals surface area contributed by atoms with Crippen LogP contribution in [0.3, 0.4) is 0 Å². The molecule has 1 heterocycles. The Morgan fingerprint density at radius 2 is 2.08 bits per heavy atom. The molecular formula is C10H20N2O. The average Bonchev–Trinajstić information content (AvgIpc) is 2.30. The van der Waals surface area contributed by atoms with E-state index >= 15 is 0 Å². The Bertz CT molecular complexity index is 196. The van der Waals surface area contributed by atoms with Crippen molar-refractivity contribution in [2.24, 2.45) is 5.92 Å². The number of carbonyl (C=O) groups is 1. The lowest BCUT2D eigenvalue weighted by atomic mass is 9.99. The van der Waals surface area contributed by atoms with Crippen molar-refractivity contribution in [2.75, 3.05) is 6.54 Å². The zero-order valence-electron chi connectivity index (χ0n) is 8.98. The first-order valence-electron chi connectivity index (χ1n) is 4.95. The van der Waals surface area contributed by atoms with Crippen LogP contribution in [0.1, 0.15) is 34.1 Å². The van der Waals surface area contributed by atoms with Gasteiger partial charge in [0.2, 0.25) is 5.91 Å². The van der Waals surface area contributed by atoms with Crippen LogP contribution in [-0.2, 0) is 4.79 Å². The second-order valence-corrected chi connectivity index (χ2v) is 4.88. The Balaban J connectivity index is 2.48. The molecule has 0 aromatic heterocycles. The Kier molecular flexibility index (Phi) is 2.96. The number of amides is 1. The molecule has 0 spiro atoms. The van der Waals surface area contributed by atoms with Crippen LogP contribution in [-0.4, -0.2) is 24.0 Å². The molecular weight excluding hydrogens is 164 g/mol. The molecule has 2 atom stereocenters. The highest BCUT2D eigenvalue weighted by Gasteiger charge is 2.30. The highest BCUT2D eigenvalue weighted by Crippen LogP contribution is 2.16. The largest absolute Gasteiger partial charge is 0.351 e. The lowest BCUT2D eigenvalue weighted by Gasteiger charge is -2.24. The van der Waals surface area contributed by atoms with Gasteiger partial charge in [-0.15, -0.1) is 0 Å². The number of rotatable bonds is 1. The van der Waals surface area contributed by atoms with Crippen molar-refractivity contribution in [3.63, 3.8) is 0 Å². The van der Waals surface area contributed by atoms with E-state index < -0.39 is 0 Å². The van der Waals surface area contributed by atoms with E-state index in [2.05, 4.69) is 17.6 Å². The third-order valence-electron chi connectivity index (χ3n) is 2.36. The predicted octanol–water partition coefficient (Wildman–Crippen LogP) is 0.899. The van der Waals surface area contributed by atoms with Gasteiger partial charge in [0.25, 0.3) is 0 Å². The normalized spacial score (nSPS) is 28.9. The zero-order chi connectivity index (χ0) is 10.1. The SMILES string of the molecule is CC1NCCC1C(=O)NC(C)(C)C. The van der Waals surface area contributed by atoms with E-state index in [-0.39, 0.29) is 17.4 Å². The van der Waals surface area contributed by atoms with Gasteiger partial charge in [-0.25, -0.2) is 0 Å². The minimum atomic E-state index is -0.112. The molecule has 2 N–H and O–H groups in total. The fourth-order valence-corrected chi connectivity index (χ4v) is 1.68. The van der Waals surface area contributed by atoms with Crippen molar-refractivity contribution in [3.05, 3.63) is 0 Å². The molecule has 1 saturated heterocycles. The standard InChI is InChI=1S/C10H20N2O/c1-7-8(5-6-11-7)9(13)12-10(2,3)4/h7-8,11H,5-6H2,1-4H3,(H,12,13). The summed E-state index contributed by atoms with van der Waals surface area (Å²) >= 11 is 0. The third kappa shape index (κ3) is 2.99. The van der Waals surface area contributed by atoms with Crippen molar-refractivity contribution in [1.82, 2.24) is 10.6 Å². The quantitative estimate of drug-likeness (QED) is 0.635. The van der Waals surface area contributed by atoms with Crippen molar-refractivity contribution in [3.8, 4) is 0 Å². The molecule has 2 unspecified atom stereocenters. The van der Waals surface area contributed by atoms with Crippen LogP contribution in [0.4, 0.5) is 0 Å². The van der Waals surface area contributed by atoms with Gasteiger partial charge in [0.1, 0.15) is 0 Å². The van der Waals surface area contributed by atoms with Crippen LogP contribution >= 0.6 is 0 Å². The third-order valence-corrected chi connectivity index (χ3v) is 2.36. The predicted molar refractivity (Wildman–Crippen MR) is 53.5 cm³/mol. The highest BCUT2D eigenvalue weighted by molar-refractivity contribution is 5.80. The molecule has 76 valence electrons. The first-order chi connectivity index (χ1) is 5.90. The fraction of sp³-hybridized carbons (Fsp3) is 0.900. The Labute approximate surface area is 80.3 Å². The topological polar surface area (TPSA) is 41.1 Å². The lowest BCUT2D eigenvalue weighted by Crippen LogP contribution is -2.46. The molecule has 13 heavy (non-hydrogen) atoms. The summed E-state index contributed by atoms with van der Waals surface area (Å²) < 4.78 is 0. The molecule has 3 heteroatoms. The summed E-state index contributed by atoms with van der Waals surface area (Å²) in [6.07, 6.45) is 0.961. The monoisotopic (exact) mass is 184 g/mol. The van der Waals surface area contributed by atoms with E-state index in [0.29, 0.717) is 6.04 Å². The molecule has 0 radical (unpaired) electrons. The van der Waals surface area contributed by atoms with Gasteiger partial charge in [-0.2, -0.15) is 0 Å². The zero-order valence-corrected chi connectivity index (χ0v) is 8.98. The van der Waals surface area contributed by atoms with Crippen LogP contribution < -0.4 is 10.6 Å². The first-order valence-corrected chi connectivity index (χ1v) is 4.95. The van der Waals surface area contributed by atoms with Crippen molar-refractivity contribution in [1.29, 1.82) is 0 Å². The minimum absolute atomic E-state index is 0.112. The average molecular weight is 184 g/mol. The van der Waals surface area contributed by atoms with E-state index in [1.54, 1.807) is 0 Å². The van der Waals surface area contributed by atoms with Crippen molar-refractivity contribution in [2.45, 2.75) is 45.7 Å². The van der Waals surface area contributed by atoms with Gasteiger partial charge in [0.15, 0.2) is 0 Å². The summed E-state index contributed by atoms with van der Waals surface area (Å²) in [4.78, 5) is 11.7. The number of nitrogens with one attached hydrogen (secondary N) is 2. The smallest absolute Gasteiger partial charge is 0.225 e. The van der Waals surface area contributed by atoms with Gasteiger partial charge < -0.3 is 10.6 Å². The molecule has 0 aromatic rings. The molecule has 1 fully saturated rings. The maximum Gasteiger partial charge on any atom is 0.225 e. The maximum atomic E-state index is 11.7. The highest BCUT2D eigenvalue weighted by atomic mass is 16.2. The second kappa shape index (κ2) is 3.66. The molecule has 1 rings (SSSR count). The number of hydrogen-bond acceptors (Lipinski definition) is 2. The minimum Gasteiger partial charge on any atom is -0.351 e. The summed E-state index contributed by atoms with van der Waals surface area (Å²) in [6, 6.07) is 0.322. The Morgan fingerprint density at radius 1 is 1.46 bits per heavy atom.